The third kappa shape index (κ3) is 4.84. The summed E-state index contributed by atoms with van der Waals surface area (Å²) in [6.45, 7) is 1.06. The van der Waals surface area contributed by atoms with Gasteiger partial charge in [0, 0.05) is 30.3 Å². The quantitative estimate of drug-likeness (QED) is 0.621. The number of alkyl halides is 3. The number of aromatic nitrogens is 2. The van der Waals surface area contributed by atoms with E-state index in [-0.39, 0.29) is 29.6 Å². The van der Waals surface area contributed by atoms with Crippen molar-refractivity contribution in [3.63, 3.8) is 0 Å². The lowest BCUT2D eigenvalue weighted by Gasteiger charge is -2.31. The molecule has 32 heavy (non-hydrogen) atoms. The van der Waals surface area contributed by atoms with E-state index in [9.17, 15) is 22.8 Å². The number of amides is 2. The Morgan fingerprint density at radius 3 is 2.62 bits per heavy atom. The molecule has 1 aromatic carbocycles. The molecule has 3 aromatic rings. The molecule has 7 nitrogen and oxygen atoms in total. The van der Waals surface area contributed by atoms with E-state index in [1.807, 2.05) is 0 Å². The van der Waals surface area contributed by atoms with E-state index in [2.05, 4.69) is 15.5 Å². The summed E-state index contributed by atoms with van der Waals surface area (Å²) in [6, 6.07) is 9.65. The van der Waals surface area contributed by atoms with Crippen molar-refractivity contribution in [2.24, 2.45) is 0 Å². The van der Waals surface area contributed by atoms with E-state index in [1.54, 1.807) is 23.1 Å². The maximum Gasteiger partial charge on any atom is 0.416 e. The summed E-state index contributed by atoms with van der Waals surface area (Å²) < 4.78 is 43.9. The smallest absolute Gasteiger partial charge is 0.416 e. The highest BCUT2D eigenvalue weighted by atomic mass is 19.4. The SMILES string of the molecule is O=C(NCc1ccco1)c1cc(C2CCN(C(=O)c3cccc(C(F)(F)F)c3)CC2)[nH]n1. The molecule has 2 aromatic heterocycles. The molecular weight excluding hydrogens is 425 g/mol. The van der Waals surface area contributed by atoms with Crippen LogP contribution in [0, 0.1) is 0 Å². The Hall–Kier alpha value is -3.56. The summed E-state index contributed by atoms with van der Waals surface area (Å²) in [5.41, 5.74) is 0.234. The van der Waals surface area contributed by atoms with E-state index in [0.29, 0.717) is 31.7 Å². The van der Waals surface area contributed by atoms with Crippen LogP contribution in [-0.2, 0) is 12.7 Å². The first-order chi connectivity index (χ1) is 15.3. The fourth-order valence-corrected chi connectivity index (χ4v) is 3.74. The number of carbonyl (C=O) groups is 2. The van der Waals surface area contributed by atoms with Crippen LogP contribution in [0.15, 0.2) is 53.1 Å². The molecule has 1 fully saturated rings. The zero-order valence-corrected chi connectivity index (χ0v) is 17.0. The summed E-state index contributed by atoms with van der Waals surface area (Å²) in [5, 5.41) is 9.68. The molecule has 2 amide bonds. The minimum Gasteiger partial charge on any atom is -0.467 e. The van der Waals surface area contributed by atoms with Crippen LogP contribution in [0.1, 0.15) is 56.6 Å². The monoisotopic (exact) mass is 446 g/mol. The molecule has 3 heterocycles. The standard InChI is InChI=1S/C22H21F3N4O3/c23-22(24,25)16-4-1-3-15(11-16)21(31)29-8-6-14(7-9-29)18-12-19(28-27-18)20(30)26-13-17-5-2-10-32-17/h1-5,10-12,14H,6-9,13H2,(H,26,30)(H,27,28). The van der Waals surface area contributed by atoms with Crippen molar-refractivity contribution >= 4 is 11.8 Å². The van der Waals surface area contributed by atoms with E-state index in [4.69, 9.17) is 4.42 Å². The van der Waals surface area contributed by atoms with Crippen molar-refractivity contribution in [1.82, 2.24) is 20.4 Å². The average molecular weight is 446 g/mol. The number of rotatable bonds is 5. The van der Waals surface area contributed by atoms with Crippen molar-refractivity contribution in [2.45, 2.75) is 31.5 Å². The van der Waals surface area contributed by atoms with Gasteiger partial charge in [-0.2, -0.15) is 18.3 Å². The van der Waals surface area contributed by atoms with Crippen molar-refractivity contribution in [3.8, 4) is 0 Å². The molecule has 1 aliphatic rings. The predicted octanol–water partition coefficient (Wildman–Crippen LogP) is 3.97. The highest BCUT2D eigenvalue weighted by molar-refractivity contribution is 5.94. The summed E-state index contributed by atoms with van der Waals surface area (Å²) in [6.07, 6.45) is -1.75. The van der Waals surface area contributed by atoms with Gasteiger partial charge in [0.1, 0.15) is 11.5 Å². The molecule has 1 aliphatic heterocycles. The first-order valence-corrected chi connectivity index (χ1v) is 10.1. The zero-order valence-electron chi connectivity index (χ0n) is 17.0. The Morgan fingerprint density at radius 2 is 1.94 bits per heavy atom. The van der Waals surface area contributed by atoms with Gasteiger partial charge in [0.25, 0.3) is 11.8 Å². The minimum atomic E-state index is -4.49. The first kappa shape index (κ1) is 21.7. The molecule has 0 bridgehead atoms. The molecule has 0 radical (unpaired) electrons. The van der Waals surface area contributed by atoms with Crippen LogP contribution in [0.25, 0.3) is 0 Å². The molecule has 10 heteroatoms. The Labute approximate surface area is 181 Å². The highest BCUT2D eigenvalue weighted by Gasteiger charge is 2.32. The van der Waals surface area contributed by atoms with Crippen LogP contribution >= 0.6 is 0 Å². The average Bonchev–Trinajstić information content (AvgIpc) is 3.49. The Bertz CT molecular complexity index is 1080. The van der Waals surface area contributed by atoms with E-state index in [1.165, 1.54) is 18.4 Å². The third-order valence-electron chi connectivity index (χ3n) is 5.49. The van der Waals surface area contributed by atoms with Crippen molar-refractivity contribution in [1.29, 1.82) is 0 Å². The minimum absolute atomic E-state index is 0.0235. The molecule has 0 aliphatic carbocycles. The Morgan fingerprint density at radius 1 is 1.16 bits per heavy atom. The van der Waals surface area contributed by atoms with Crippen molar-refractivity contribution in [2.75, 3.05) is 13.1 Å². The van der Waals surface area contributed by atoms with Gasteiger partial charge in [-0.05, 0) is 49.2 Å². The van der Waals surface area contributed by atoms with Crippen LogP contribution in [-0.4, -0.2) is 40.0 Å². The first-order valence-electron chi connectivity index (χ1n) is 10.1. The molecular formula is C22H21F3N4O3. The van der Waals surface area contributed by atoms with Gasteiger partial charge >= 0.3 is 6.18 Å². The van der Waals surface area contributed by atoms with Gasteiger partial charge in [0.15, 0.2) is 0 Å². The molecule has 168 valence electrons. The summed E-state index contributed by atoms with van der Waals surface area (Å²) in [5.74, 6) is -0.0511. The molecule has 0 spiro atoms. The zero-order chi connectivity index (χ0) is 22.7. The maximum absolute atomic E-state index is 12.9. The second-order valence-electron chi connectivity index (χ2n) is 7.62. The summed E-state index contributed by atoms with van der Waals surface area (Å²) in [4.78, 5) is 26.5. The van der Waals surface area contributed by atoms with Crippen LogP contribution in [0.3, 0.4) is 0 Å². The maximum atomic E-state index is 12.9. The number of benzene rings is 1. The number of aromatic amines is 1. The van der Waals surface area contributed by atoms with Gasteiger partial charge < -0.3 is 14.6 Å². The second kappa shape index (κ2) is 8.89. The fourth-order valence-electron chi connectivity index (χ4n) is 3.74. The van der Waals surface area contributed by atoms with Gasteiger partial charge in [0.05, 0.1) is 18.4 Å². The molecule has 1 saturated heterocycles. The van der Waals surface area contributed by atoms with Crippen molar-refractivity contribution < 1.29 is 27.2 Å². The summed E-state index contributed by atoms with van der Waals surface area (Å²) >= 11 is 0. The number of nitrogens with zero attached hydrogens (tertiary/aromatic N) is 2. The van der Waals surface area contributed by atoms with E-state index in [0.717, 1.165) is 17.8 Å². The number of carbonyl (C=O) groups excluding carboxylic acids is 2. The molecule has 0 unspecified atom stereocenters. The summed E-state index contributed by atoms with van der Waals surface area (Å²) in [7, 11) is 0. The van der Waals surface area contributed by atoms with Gasteiger partial charge in [-0.1, -0.05) is 6.07 Å². The molecule has 0 saturated carbocycles. The normalized spacial score (nSPS) is 15.0. The Balaban J connectivity index is 1.33. The lowest BCUT2D eigenvalue weighted by molar-refractivity contribution is -0.137. The lowest BCUT2D eigenvalue weighted by atomic mass is 9.93. The van der Waals surface area contributed by atoms with Gasteiger partial charge in [-0.3, -0.25) is 14.7 Å². The Kier molecular flexibility index (Phi) is 6.02. The number of furan rings is 1. The lowest BCUT2D eigenvalue weighted by Crippen LogP contribution is -2.38. The number of hydrogen-bond acceptors (Lipinski definition) is 4. The van der Waals surface area contributed by atoms with Gasteiger partial charge in [-0.25, -0.2) is 0 Å². The fraction of sp³-hybridized carbons (Fsp3) is 0.318. The topological polar surface area (TPSA) is 91.2 Å². The number of hydrogen-bond donors (Lipinski definition) is 2. The number of nitrogens with one attached hydrogen (secondary N) is 2. The number of H-pyrrole nitrogens is 1. The molecule has 0 atom stereocenters. The second-order valence-corrected chi connectivity index (χ2v) is 7.62. The van der Waals surface area contributed by atoms with Gasteiger partial charge in [0.2, 0.25) is 0 Å². The predicted molar refractivity (Wildman–Crippen MR) is 108 cm³/mol. The number of halogens is 3. The van der Waals surface area contributed by atoms with Gasteiger partial charge in [-0.15, -0.1) is 0 Å². The highest BCUT2D eigenvalue weighted by Crippen LogP contribution is 2.31. The van der Waals surface area contributed by atoms with E-state index >= 15 is 0 Å². The number of piperidine rings is 1. The van der Waals surface area contributed by atoms with Crippen LogP contribution in [0.4, 0.5) is 13.2 Å². The third-order valence-corrected chi connectivity index (χ3v) is 5.49. The number of likely N-dealkylation sites (tertiary alicyclic amines) is 1. The largest absolute Gasteiger partial charge is 0.467 e. The van der Waals surface area contributed by atoms with Crippen LogP contribution < -0.4 is 5.32 Å². The van der Waals surface area contributed by atoms with Crippen LogP contribution in [0.5, 0.6) is 0 Å². The van der Waals surface area contributed by atoms with E-state index < -0.39 is 17.6 Å². The van der Waals surface area contributed by atoms with Crippen molar-refractivity contribution in [3.05, 3.63) is 77.0 Å². The van der Waals surface area contributed by atoms with Crippen LogP contribution in [0.2, 0.25) is 0 Å². The molecule has 2 N–H and O–H groups in total. The molecule has 4 rings (SSSR count).